The predicted octanol–water partition coefficient (Wildman–Crippen LogP) is 4.15. The number of carbonyl (C=O) groups excluding carboxylic acids is 1. The maximum Gasteiger partial charge on any atom is 0.308 e. The van der Waals surface area contributed by atoms with Gasteiger partial charge in [-0.2, -0.15) is 0 Å². The summed E-state index contributed by atoms with van der Waals surface area (Å²) in [4.78, 5) is 11.2. The summed E-state index contributed by atoms with van der Waals surface area (Å²) in [5.74, 6) is 0.796. The molecule has 18 heavy (non-hydrogen) atoms. The van der Waals surface area contributed by atoms with Crippen LogP contribution in [-0.4, -0.2) is 5.97 Å². The zero-order valence-electron chi connectivity index (χ0n) is 11.3. The highest BCUT2D eigenvalue weighted by atomic mass is 16.5. The minimum Gasteiger partial charge on any atom is -0.426 e. The molecule has 2 aliphatic rings. The average molecular weight is 242 g/mol. The van der Waals surface area contributed by atoms with E-state index in [0.717, 1.165) is 11.1 Å². The number of aryl methyl sites for hydroxylation is 1. The Balaban J connectivity index is 2.63. The number of fused-ring (bicyclic) bond motifs is 1. The fraction of sp³-hybridized carbons (Fsp3) is 0.312. The second kappa shape index (κ2) is 4.81. The normalized spacial score (nSPS) is 10.9. The molecule has 0 fully saturated rings. The molecule has 0 saturated carbocycles. The Morgan fingerprint density at radius 3 is 2.44 bits per heavy atom. The minimum atomic E-state index is -0.285. The Kier molecular flexibility index (Phi) is 3.37. The molecule has 0 N–H and O–H groups in total. The summed E-state index contributed by atoms with van der Waals surface area (Å²) in [6.45, 7) is 7.82. The van der Waals surface area contributed by atoms with Gasteiger partial charge >= 0.3 is 5.97 Å². The maximum absolute atomic E-state index is 11.2. The van der Waals surface area contributed by atoms with Crippen LogP contribution in [0.2, 0.25) is 0 Å². The van der Waals surface area contributed by atoms with E-state index in [4.69, 9.17) is 4.74 Å². The fourth-order valence-corrected chi connectivity index (χ4v) is 2.09. The molecule has 0 amide bonds. The SMILES string of the molecule is CC(=O)Oc1ccc(C(C)C)cc2c(C)ccc1-2. The van der Waals surface area contributed by atoms with Gasteiger partial charge in [-0.25, -0.2) is 0 Å². The number of hydrogen-bond acceptors (Lipinski definition) is 2. The lowest BCUT2D eigenvalue weighted by atomic mass is 10.0. The van der Waals surface area contributed by atoms with Crippen molar-refractivity contribution >= 4 is 5.97 Å². The van der Waals surface area contributed by atoms with Crippen molar-refractivity contribution in [1.29, 1.82) is 0 Å². The Hall–Kier alpha value is -1.83. The van der Waals surface area contributed by atoms with Crippen molar-refractivity contribution in [3.8, 4) is 16.9 Å². The molecule has 0 aromatic carbocycles. The fourth-order valence-electron chi connectivity index (χ4n) is 2.09. The first-order chi connectivity index (χ1) is 8.49. The van der Waals surface area contributed by atoms with Crippen molar-refractivity contribution in [3.63, 3.8) is 0 Å². The molecule has 0 radical (unpaired) electrons. The lowest BCUT2D eigenvalue weighted by molar-refractivity contribution is -0.131. The molecule has 0 heterocycles. The highest BCUT2D eigenvalue weighted by molar-refractivity contribution is 5.80. The first-order valence-corrected chi connectivity index (χ1v) is 6.20. The van der Waals surface area contributed by atoms with Crippen molar-refractivity contribution in [2.24, 2.45) is 0 Å². The summed E-state index contributed by atoms with van der Waals surface area (Å²) in [5.41, 5.74) is 4.60. The smallest absolute Gasteiger partial charge is 0.308 e. The van der Waals surface area contributed by atoms with Crippen LogP contribution in [-0.2, 0) is 4.79 Å². The molecule has 0 bridgehead atoms. The van der Waals surface area contributed by atoms with Crippen LogP contribution in [0.5, 0.6) is 5.75 Å². The van der Waals surface area contributed by atoms with E-state index >= 15 is 0 Å². The van der Waals surface area contributed by atoms with Crippen LogP contribution in [0.1, 0.15) is 37.8 Å². The average Bonchev–Trinajstić information content (AvgIpc) is 2.53. The van der Waals surface area contributed by atoms with Crippen molar-refractivity contribution in [2.45, 2.75) is 33.6 Å². The Morgan fingerprint density at radius 1 is 1.11 bits per heavy atom. The van der Waals surface area contributed by atoms with Crippen LogP contribution in [0.4, 0.5) is 0 Å². The number of hydrogen-bond donors (Lipinski definition) is 0. The van der Waals surface area contributed by atoms with Crippen LogP contribution in [0, 0.1) is 6.92 Å². The Bertz CT molecular complexity index is 555. The molecule has 0 spiro atoms. The van der Waals surface area contributed by atoms with Crippen molar-refractivity contribution in [1.82, 2.24) is 0 Å². The maximum atomic E-state index is 11.2. The molecule has 0 aromatic rings. The molecule has 0 aromatic heterocycles. The van der Waals surface area contributed by atoms with Gasteiger partial charge in [0.1, 0.15) is 5.75 Å². The summed E-state index contributed by atoms with van der Waals surface area (Å²) in [7, 11) is 0. The molecule has 2 heteroatoms. The quantitative estimate of drug-likeness (QED) is 0.739. The molecular formula is C16H18O2. The summed E-state index contributed by atoms with van der Waals surface area (Å²) < 4.78 is 5.30. The molecule has 0 unspecified atom stereocenters. The van der Waals surface area contributed by atoms with Gasteiger partial charge in [0.25, 0.3) is 0 Å². The van der Waals surface area contributed by atoms with Gasteiger partial charge in [-0.15, -0.1) is 0 Å². The summed E-state index contributed by atoms with van der Waals surface area (Å²) in [5, 5.41) is 0. The third kappa shape index (κ3) is 2.37. The first-order valence-electron chi connectivity index (χ1n) is 6.20. The number of carbonyl (C=O) groups is 1. The van der Waals surface area contributed by atoms with Crippen molar-refractivity contribution in [2.75, 3.05) is 0 Å². The van der Waals surface area contributed by atoms with E-state index in [1.165, 1.54) is 18.1 Å². The van der Waals surface area contributed by atoms with E-state index in [2.05, 4.69) is 32.9 Å². The summed E-state index contributed by atoms with van der Waals surface area (Å²) >= 11 is 0. The molecule has 0 atom stereocenters. The molecule has 2 aliphatic carbocycles. The van der Waals surface area contributed by atoms with Crippen LogP contribution in [0.15, 0.2) is 30.3 Å². The second-order valence-corrected chi connectivity index (χ2v) is 4.93. The minimum absolute atomic E-state index is 0.285. The van der Waals surface area contributed by atoms with E-state index in [1.54, 1.807) is 0 Å². The van der Waals surface area contributed by atoms with E-state index in [-0.39, 0.29) is 5.97 Å². The summed E-state index contributed by atoms with van der Waals surface area (Å²) in [6.07, 6.45) is 0. The van der Waals surface area contributed by atoms with Crippen LogP contribution in [0.25, 0.3) is 11.1 Å². The molecule has 2 rings (SSSR count). The second-order valence-electron chi connectivity index (χ2n) is 4.93. The predicted molar refractivity (Wildman–Crippen MR) is 73.2 cm³/mol. The largest absolute Gasteiger partial charge is 0.426 e. The van der Waals surface area contributed by atoms with Crippen LogP contribution in [0.3, 0.4) is 0 Å². The van der Waals surface area contributed by atoms with Crippen LogP contribution >= 0.6 is 0 Å². The zero-order valence-corrected chi connectivity index (χ0v) is 11.3. The highest BCUT2D eigenvalue weighted by Gasteiger charge is 2.14. The molecule has 0 aliphatic heterocycles. The zero-order chi connectivity index (χ0) is 13.3. The molecule has 94 valence electrons. The lowest BCUT2D eigenvalue weighted by Gasteiger charge is -2.04. The Labute approximate surface area is 108 Å². The standard InChI is InChI=1S/C16H18O2/c1-10(2)13-6-8-16(18-12(4)17)14-7-5-11(3)15(14)9-13/h5-10H,1-4H3. The van der Waals surface area contributed by atoms with Gasteiger partial charge in [0.05, 0.1) is 0 Å². The molecular weight excluding hydrogens is 224 g/mol. The van der Waals surface area contributed by atoms with Gasteiger partial charge < -0.3 is 4.74 Å². The van der Waals surface area contributed by atoms with Gasteiger partial charge in [0, 0.05) is 12.5 Å². The van der Waals surface area contributed by atoms with Gasteiger partial charge in [0.15, 0.2) is 0 Å². The van der Waals surface area contributed by atoms with Crippen molar-refractivity contribution < 1.29 is 9.53 Å². The third-order valence-corrected chi connectivity index (χ3v) is 3.14. The van der Waals surface area contributed by atoms with E-state index < -0.39 is 0 Å². The molecule has 2 nitrogen and oxygen atoms in total. The van der Waals surface area contributed by atoms with E-state index in [9.17, 15) is 4.79 Å². The first kappa shape index (κ1) is 12.6. The monoisotopic (exact) mass is 242 g/mol. The Morgan fingerprint density at radius 2 is 1.83 bits per heavy atom. The topological polar surface area (TPSA) is 26.3 Å². The number of rotatable bonds is 2. The van der Waals surface area contributed by atoms with E-state index in [0.29, 0.717) is 11.7 Å². The summed E-state index contributed by atoms with van der Waals surface area (Å²) in [6, 6.07) is 10.2. The van der Waals surface area contributed by atoms with E-state index in [1.807, 2.05) is 18.2 Å². The van der Waals surface area contributed by atoms with Crippen molar-refractivity contribution in [3.05, 3.63) is 41.5 Å². The van der Waals surface area contributed by atoms with Gasteiger partial charge in [-0.1, -0.05) is 38.1 Å². The van der Waals surface area contributed by atoms with Gasteiger partial charge in [0.2, 0.25) is 0 Å². The highest BCUT2D eigenvalue weighted by Crippen LogP contribution is 2.36. The molecule has 0 saturated heterocycles. The third-order valence-electron chi connectivity index (χ3n) is 3.14. The number of esters is 1. The van der Waals surface area contributed by atoms with Gasteiger partial charge in [-0.05, 0) is 35.6 Å². The number of ether oxygens (including phenoxy) is 1. The van der Waals surface area contributed by atoms with Crippen LogP contribution < -0.4 is 4.74 Å². The lowest BCUT2D eigenvalue weighted by Crippen LogP contribution is -2.01. The van der Waals surface area contributed by atoms with Gasteiger partial charge in [-0.3, -0.25) is 4.79 Å².